The number of anilines is 2. The summed E-state index contributed by atoms with van der Waals surface area (Å²) in [6, 6.07) is 21.0. The van der Waals surface area contributed by atoms with Gasteiger partial charge in [0, 0.05) is 22.9 Å². The lowest BCUT2D eigenvalue weighted by Crippen LogP contribution is -2.13. The van der Waals surface area contributed by atoms with Gasteiger partial charge in [-0.1, -0.05) is 48.5 Å². The SMILES string of the molecule is Nc1ccc(C(=O)Nc2ccccc2-c2ccccc2)cc1[N+](=O)[O-]. The van der Waals surface area contributed by atoms with Crippen LogP contribution in [0.1, 0.15) is 10.4 Å². The fourth-order valence-corrected chi connectivity index (χ4v) is 2.50. The summed E-state index contributed by atoms with van der Waals surface area (Å²) in [5.41, 5.74) is 7.92. The molecule has 3 rings (SSSR count). The number of nitrogens with two attached hydrogens (primary N) is 1. The van der Waals surface area contributed by atoms with Crippen molar-refractivity contribution in [3.05, 3.63) is 88.5 Å². The molecule has 0 aliphatic heterocycles. The number of nitrogen functional groups attached to an aromatic ring is 1. The average Bonchev–Trinajstić information content (AvgIpc) is 2.63. The van der Waals surface area contributed by atoms with Gasteiger partial charge in [-0.05, 0) is 23.8 Å². The zero-order chi connectivity index (χ0) is 17.8. The van der Waals surface area contributed by atoms with Gasteiger partial charge in [-0.15, -0.1) is 0 Å². The summed E-state index contributed by atoms with van der Waals surface area (Å²) in [5, 5.41) is 13.8. The number of benzene rings is 3. The maximum absolute atomic E-state index is 12.5. The van der Waals surface area contributed by atoms with Crippen molar-refractivity contribution in [2.24, 2.45) is 0 Å². The lowest BCUT2D eigenvalue weighted by molar-refractivity contribution is -0.383. The van der Waals surface area contributed by atoms with Gasteiger partial charge in [0.15, 0.2) is 0 Å². The molecule has 0 bridgehead atoms. The van der Waals surface area contributed by atoms with Crippen LogP contribution in [-0.4, -0.2) is 10.8 Å². The number of nitro groups is 1. The molecule has 0 aliphatic carbocycles. The molecule has 0 aliphatic rings. The van der Waals surface area contributed by atoms with E-state index in [1.54, 1.807) is 6.07 Å². The van der Waals surface area contributed by atoms with Crippen LogP contribution >= 0.6 is 0 Å². The third-order valence-electron chi connectivity index (χ3n) is 3.75. The molecule has 3 aromatic rings. The fourth-order valence-electron chi connectivity index (χ4n) is 2.50. The van der Waals surface area contributed by atoms with Crippen molar-refractivity contribution in [1.82, 2.24) is 0 Å². The highest BCUT2D eigenvalue weighted by Crippen LogP contribution is 2.28. The molecule has 0 spiro atoms. The van der Waals surface area contributed by atoms with Crippen LogP contribution in [0.4, 0.5) is 17.1 Å². The number of hydrogen-bond acceptors (Lipinski definition) is 4. The molecule has 3 aromatic carbocycles. The minimum Gasteiger partial charge on any atom is -0.393 e. The smallest absolute Gasteiger partial charge is 0.292 e. The van der Waals surface area contributed by atoms with Crippen LogP contribution in [0.5, 0.6) is 0 Å². The number of nitrogens with zero attached hydrogens (tertiary/aromatic N) is 1. The molecule has 0 saturated heterocycles. The average molecular weight is 333 g/mol. The van der Waals surface area contributed by atoms with Crippen molar-refractivity contribution < 1.29 is 9.72 Å². The molecule has 0 atom stereocenters. The van der Waals surface area contributed by atoms with E-state index in [1.165, 1.54) is 18.2 Å². The molecule has 0 aromatic heterocycles. The van der Waals surface area contributed by atoms with E-state index >= 15 is 0 Å². The van der Waals surface area contributed by atoms with Crippen molar-refractivity contribution >= 4 is 23.0 Å². The lowest BCUT2D eigenvalue weighted by atomic mass is 10.0. The number of nitrogens with one attached hydrogen (secondary N) is 1. The Morgan fingerprint density at radius 1 is 0.960 bits per heavy atom. The molecule has 25 heavy (non-hydrogen) atoms. The highest BCUT2D eigenvalue weighted by Gasteiger charge is 2.16. The summed E-state index contributed by atoms with van der Waals surface area (Å²) < 4.78 is 0. The molecule has 6 heteroatoms. The Morgan fingerprint density at radius 2 is 1.64 bits per heavy atom. The predicted molar refractivity (Wildman–Crippen MR) is 97.3 cm³/mol. The Labute approximate surface area is 144 Å². The Hall–Kier alpha value is -3.67. The fraction of sp³-hybridized carbons (Fsp3) is 0. The van der Waals surface area contributed by atoms with Gasteiger partial charge >= 0.3 is 0 Å². The van der Waals surface area contributed by atoms with Gasteiger partial charge in [0.1, 0.15) is 5.69 Å². The number of carbonyl (C=O) groups is 1. The second-order valence-corrected chi connectivity index (χ2v) is 5.40. The van der Waals surface area contributed by atoms with Crippen LogP contribution in [0.3, 0.4) is 0 Å². The molecular formula is C19H15N3O3. The topological polar surface area (TPSA) is 98.3 Å². The highest BCUT2D eigenvalue weighted by molar-refractivity contribution is 6.07. The van der Waals surface area contributed by atoms with Gasteiger partial charge < -0.3 is 11.1 Å². The zero-order valence-corrected chi connectivity index (χ0v) is 13.2. The first-order valence-corrected chi connectivity index (χ1v) is 7.56. The normalized spacial score (nSPS) is 10.2. The van der Waals surface area contributed by atoms with Crippen molar-refractivity contribution in [3.8, 4) is 11.1 Å². The maximum Gasteiger partial charge on any atom is 0.292 e. The number of rotatable bonds is 4. The van der Waals surface area contributed by atoms with Crippen LogP contribution in [-0.2, 0) is 0 Å². The van der Waals surface area contributed by atoms with Gasteiger partial charge in [0.05, 0.1) is 4.92 Å². The molecule has 6 nitrogen and oxygen atoms in total. The Kier molecular flexibility index (Phi) is 4.43. The predicted octanol–water partition coefficient (Wildman–Crippen LogP) is 4.10. The van der Waals surface area contributed by atoms with Crippen molar-refractivity contribution in [1.29, 1.82) is 0 Å². The molecule has 0 unspecified atom stereocenters. The van der Waals surface area contributed by atoms with Crippen molar-refractivity contribution in [3.63, 3.8) is 0 Å². The van der Waals surface area contributed by atoms with Gasteiger partial charge in [0.2, 0.25) is 0 Å². The van der Waals surface area contributed by atoms with E-state index in [1.807, 2.05) is 48.5 Å². The number of hydrogen-bond donors (Lipinski definition) is 2. The number of amides is 1. The van der Waals surface area contributed by atoms with Gasteiger partial charge in [0.25, 0.3) is 11.6 Å². The standard InChI is InChI=1S/C19H15N3O3/c20-16-11-10-14(12-18(16)22(24)25)19(23)21-17-9-5-4-8-15(17)13-6-2-1-3-7-13/h1-12H,20H2,(H,21,23). The number of nitro benzene ring substituents is 1. The molecule has 0 saturated carbocycles. The van der Waals surface area contributed by atoms with Crippen LogP contribution < -0.4 is 11.1 Å². The van der Waals surface area contributed by atoms with Crippen molar-refractivity contribution in [2.45, 2.75) is 0 Å². The maximum atomic E-state index is 12.5. The summed E-state index contributed by atoms with van der Waals surface area (Å²) in [6.07, 6.45) is 0. The van der Waals surface area contributed by atoms with E-state index in [0.29, 0.717) is 5.69 Å². The van der Waals surface area contributed by atoms with E-state index in [4.69, 9.17) is 5.73 Å². The highest BCUT2D eigenvalue weighted by atomic mass is 16.6. The van der Waals surface area contributed by atoms with E-state index in [2.05, 4.69) is 5.32 Å². The first-order valence-electron chi connectivity index (χ1n) is 7.56. The Balaban J connectivity index is 1.92. The van der Waals surface area contributed by atoms with Gasteiger partial charge in [-0.25, -0.2) is 0 Å². The van der Waals surface area contributed by atoms with Crippen LogP contribution in [0.25, 0.3) is 11.1 Å². The van der Waals surface area contributed by atoms with Crippen LogP contribution in [0.2, 0.25) is 0 Å². The zero-order valence-electron chi connectivity index (χ0n) is 13.2. The molecule has 0 heterocycles. The lowest BCUT2D eigenvalue weighted by Gasteiger charge is -2.11. The van der Waals surface area contributed by atoms with Gasteiger partial charge in [-0.3, -0.25) is 14.9 Å². The van der Waals surface area contributed by atoms with Crippen molar-refractivity contribution in [2.75, 3.05) is 11.1 Å². The van der Waals surface area contributed by atoms with Crippen LogP contribution in [0, 0.1) is 10.1 Å². The third kappa shape index (κ3) is 3.48. The second kappa shape index (κ2) is 6.84. The largest absolute Gasteiger partial charge is 0.393 e. The Bertz CT molecular complexity index is 940. The summed E-state index contributed by atoms with van der Waals surface area (Å²) in [6.45, 7) is 0. The Morgan fingerprint density at radius 3 is 2.36 bits per heavy atom. The number of carbonyl (C=O) groups excluding carboxylic acids is 1. The molecule has 3 N–H and O–H groups in total. The summed E-state index contributed by atoms with van der Waals surface area (Å²) in [5.74, 6) is -0.438. The molecular weight excluding hydrogens is 318 g/mol. The first kappa shape index (κ1) is 16.2. The number of para-hydroxylation sites is 1. The second-order valence-electron chi connectivity index (χ2n) is 5.40. The van der Waals surface area contributed by atoms with E-state index in [9.17, 15) is 14.9 Å². The monoisotopic (exact) mass is 333 g/mol. The molecule has 0 radical (unpaired) electrons. The van der Waals surface area contributed by atoms with E-state index in [-0.39, 0.29) is 16.9 Å². The van der Waals surface area contributed by atoms with E-state index in [0.717, 1.165) is 11.1 Å². The first-order chi connectivity index (χ1) is 12.1. The minimum absolute atomic E-state index is 0.0197. The molecule has 0 fully saturated rings. The van der Waals surface area contributed by atoms with Crippen LogP contribution in [0.15, 0.2) is 72.8 Å². The van der Waals surface area contributed by atoms with E-state index < -0.39 is 10.8 Å². The summed E-state index contributed by atoms with van der Waals surface area (Å²) in [4.78, 5) is 22.9. The summed E-state index contributed by atoms with van der Waals surface area (Å²) in [7, 11) is 0. The minimum atomic E-state index is -0.607. The summed E-state index contributed by atoms with van der Waals surface area (Å²) >= 11 is 0. The quantitative estimate of drug-likeness (QED) is 0.426. The van der Waals surface area contributed by atoms with Gasteiger partial charge in [-0.2, -0.15) is 0 Å². The third-order valence-corrected chi connectivity index (χ3v) is 3.75. The molecule has 124 valence electrons. The molecule has 1 amide bonds.